The molecular weight excluding hydrogens is 356 g/mol. The first-order chi connectivity index (χ1) is 13.0. The summed E-state index contributed by atoms with van der Waals surface area (Å²) in [5.41, 5.74) is 1.89. The van der Waals surface area contributed by atoms with Gasteiger partial charge in [0.05, 0.1) is 0 Å². The van der Waals surface area contributed by atoms with Gasteiger partial charge in [0.25, 0.3) is 5.91 Å². The van der Waals surface area contributed by atoms with Crippen LogP contribution in [0.2, 0.25) is 0 Å². The highest BCUT2D eigenvalue weighted by Crippen LogP contribution is 2.28. The highest BCUT2D eigenvalue weighted by Gasteiger charge is 2.22. The van der Waals surface area contributed by atoms with Gasteiger partial charge in [-0.15, -0.1) is 0 Å². The minimum atomic E-state index is 0.0408. The molecule has 0 aromatic heterocycles. The molecule has 6 heteroatoms. The van der Waals surface area contributed by atoms with E-state index in [1.54, 1.807) is 19.0 Å². The zero-order chi connectivity index (χ0) is 19.6. The van der Waals surface area contributed by atoms with E-state index in [4.69, 9.17) is 0 Å². The van der Waals surface area contributed by atoms with Crippen molar-refractivity contribution in [3.8, 4) is 0 Å². The molecule has 1 aliphatic rings. The number of rotatable bonds is 7. The topological polar surface area (TPSA) is 56.7 Å². The summed E-state index contributed by atoms with van der Waals surface area (Å²) in [6, 6.07) is 8.38. The molecule has 0 heterocycles. The van der Waals surface area contributed by atoms with Gasteiger partial charge in [-0.05, 0) is 49.1 Å². The lowest BCUT2D eigenvalue weighted by Crippen LogP contribution is -2.46. The molecule has 1 aromatic rings. The van der Waals surface area contributed by atoms with Crippen molar-refractivity contribution in [2.24, 2.45) is 4.99 Å². The van der Waals surface area contributed by atoms with Crippen LogP contribution >= 0.6 is 11.8 Å². The number of hydrogen-bond donors (Lipinski definition) is 2. The number of nitrogens with one attached hydrogen (secondary N) is 2. The third kappa shape index (κ3) is 7.09. The predicted molar refractivity (Wildman–Crippen MR) is 117 cm³/mol. The number of aliphatic imine (C=N–C) groups is 1. The van der Waals surface area contributed by atoms with Crippen molar-refractivity contribution in [3.63, 3.8) is 0 Å². The Balaban J connectivity index is 1.81. The van der Waals surface area contributed by atoms with Gasteiger partial charge in [-0.2, -0.15) is 11.8 Å². The Hall–Kier alpha value is -1.69. The second-order valence-corrected chi connectivity index (χ2v) is 8.81. The monoisotopic (exact) mass is 390 g/mol. The Kier molecular flexibility index (Phi) is 8.98. The van der Waals surface area contributed by atoms with E-state index in [0.29, 0.717) is 6.04 Å². The minimum absolute atomic E-state index is 0.0408. The van der Waals surface area contributed by atoms with Crippen LogP contribution in [0.4, 0.5) is 0 Å². The molecule has 5 nitrogen and oxygen atoms in total. The molecule has 27 heavy (non-hydrogen) atoms. The normalized spacial score (nSPS) is 20.2. The highest BCUT2D eigenvalue weighted by molar-refractivity contribution is 7.99. The molecule has 1 aliphatic carbocycles. The molecule has 1 saturated carbocycles. The van der Waals surface area contributed by atoms with Gasteiger partial charge in [0.2, 0.25) is 0 Å². The van der Waals surface area contributed by atoms with E-state index in [2.05, 4.69) is 40.4 Å². The largest absolute Gasteiger partial charge is 0.356 e. The molecule has 2 unspecified atom stereocenters. The fraction of sp³-hybridized carbons (Fsp3) is 0.619. The predicted octanol–water partition coefficient (Wildman–Crippen LogP) is 3.16. The summed E-state index contributed by atoms with van der Waals surface area (Å²) in [5.74, 6) is 2.11. The summed E-state index contributed by atoms with van der Waals surface area (Å²) in [5, 5.41) is 7.78. The third-order valence-electron chi connectivity index (χ3n) is 4.88. The summed E-state index contributed by atoms with van der Waals surface area (Å²) >= 11 is 2.08. The average Bonchev–Trinajstić information content (AvgIpc) is 2.67. The van der Waals surface area contributed by atoms with E-state index in [1.807, 2.05) is 25.2 Å². The van der Waals surface area contributed by atoms with Crippen LogP contribution in [0.5, 0.6) is 0 Å². The summed E-state index contributed by atoms with van der Waals surface area (Å²) in [7, 11) is 5.38. The molecule has 150 valence electrons. The van der Waals surface area contributed by atoms with Crippen LogP contribution in [0.1, 0.15) is 48.5 Å². The Morgan fingerprint density at radius 3 is 2.85 bits per heavy atom. The zero-order valence-corrected chi connectivity index (χ0v) is 17.9. The zero-order valence-electron chi connectivity index (χ0n) is 17.1. The maximum Gasteiger partial charge on any atom is 0.253 e. The number of carbonyl (C=O) groups excluding carboxylic acids is 1. The van der Waals surface area contributed by atoms with Crippen LogP contribution in [0.3, 0.4) is 0 Å². The molecule has 0 radical (unpaired) electrons. The molecule has 1 aromatic carbocycles. The van der Waals surface area contributed by atoms with E-state index in [0.717, 1.165) is 35.3 Å². The van der Waals surface area contributed by atoms with E-state index < -0.39 is 0 Å². The Bertz CT molecular complexity index is 630. The van der Waals surface area contributed by atoms with Crippen LogP contribution in [0.25, 0.3) is 0 Å². The summed E-state index contributed by atoms with van der Waals surface area (Å²) in [4.78, 5) is 18.1. The van der Waals surface area contributed by atoms with Crippen LogP contribution in [0, 0.1) is 0 Å². The lowest BCUT2D eigenvalue weighted by molar-refractivity contribution is 0.0827. The minimum Gasteiger partial charge on any atom is -0.356 e. The number of nitrogens with zero attached hydrogens (tertiary/aromatic N) is 2. The van der Waals surface area contributed by atoms with Gasteiger partial charge in [0.1, 0.15) is 0 Å². The van der Waals surface area contributed by atoms with Crippen molar-refractivity contribution in [2.75, 3.05) is 33.4 Å². The lowest BCUT2D eigenvalue weighted by Gasteiger charge is -2.30. The van der Waals surface area contributed by atoms with Gasteiger partial charge in [0, 0.05) is 44.5 Å². The van der Waals surface area contributed by atoms with Gasteiger partial charge in [-0.3, -0.25) is 9.79 Å². The van der Waals surface area contributed by atoms with Crippen LogP contribution in [-0.4, -0.2) is 61.5 Å². The molecule has 0 aliphatic heterocycles. The van der Waals surface area contributed by atoms with Gasteiger partial charge in [0.15, 0.2) is 5.96 Å². The highest BCUT2D eigenvalue weighted by atomic mass is 32.2. The smallest absolute Gasteiger partial charge is 0.253 e. The van der Waals surface area contributed by atoms with E-state index in [1.165, 1.54) is 31.4 Å². The second kappa shape index (κ2) is 11.2. The maximum atomic E-state index is 12.1. The van der Waals surface area contributed by atoms with Gasteiger partial charge >= 0.3 is 0 Å². The first-order valence-electron chi connectivity index (χ1n) is 9.92. The summed E-state index contributed by atoms with van der Waals surface area (Å²) in [6.45, 7) is 3.03. The summed E-state index contributed by atoms with van der Waals surface area (Å²) in [6.07, 6.45) is 5.92. The lowest BCUT2D eigenvalue weighted by atomic mass is 9.95. The van der Waals surface area contributed by atoms with Crippen LogP contribution in [0.15, 0.2) is 29.3 Å². The van der Waals surface area contributed by atoms with Crippen molar-refractivity contribution in [3.05, 3.63) is 35.4 Å². The molecule has 0 spiro atoms. The standard InChI is InChI=1S/C21H34N4OS/c1-5-27-19-11-7-10-18(15-19)24-21(22-2)23-13-12-16-8-6-9-17(14-16)20(26)25(3)4/h6,8-9,14,18-19H,5,7,10-13,15H2,1-4H3,(H2,22,23,24). The van der Waals surface area contributed by atoms with Gasteiger partial charge < -0.3 is 15.5 Å². The fourth-order valence-corrected chi connectivity index (χ4v) is 4.67. The Morgan fingerprint density at radius 2 is 2.15 bits per heavy atom. The summed E-state index contributed by atoms with van der Waals surface area (Å²) < 4.78 is 0. The van der Waals surface area contributed by atoms with E-state index in [-0.39, 0.29) is 5.91 Å². The second-order valence-electron chi connectivity index (χ2n) is 7.23. The number of carbonyl (C=O) groups is 1. The molecule has 1 amide bonds. The van der Waals surface area contributed by atoms with E-state index in [9.17, 15) is 4.79 Å². The van der Waals surface area contributed by atoms with Gasteiger partial charge in [-0.25, -0.2) is 0 Å². The fourth-order valence-electron chi connectivity index (χ4n) is 3.49. The number of thioether (sulfide) groups is 1. The molecule has 0 bridgehead atoms. The molecule has 0 saturated heterocycles. The first-order valence-corrected chi connectivity index (χ1v) is 11.0. The van der Waals surface area contributed by atoms with Crippen molar-refractivity contribution in [1.82, 2.24) is 15.5 Å². The molecule has 2 N–H and O–H groups in total. The number of hydrogen-bond acceptors (Lipinski definition) is 3. The van der Waals surface area contributed by atoms with Gasteiger partial charge in [-0.1, -0.05) is 25.5 Å². The molecule has 2 rings (SSSR count). The Morgan fingerprint density at radius 1 is 1.33 bits per heavy atom. The third-order valence-corrected chi connectivity index (χ3v) is 6.11. The average molecular weight is 391 g/mol. The maximum absolute atomic E-state index is 12.1. The first kappa shape index (κ1) is 21.6. The van der Waals surface area contributed by atoms with Crippen molar-refractivity contribution >= 4 is 23.6 Å². The van der Waals surface area contributed by atoms with Crippen LogP contribution < -0.4 is 10.6 Å². The van der Waals surface area contributed by atoms with Crippen molar-refractivity contribution in [1.29, 1.82) is 0 Å². The number of amides is 1. The Labute approximate surface area is 168 Å². The SMILES string of the molecule is CCSC1CCCC(NC(=NC)NCCc2cccc(C(=O)N(C)C)c2)C1. The van der Waals surface area contributed by atoms with E-state index >= 15 is 0 Å². The molecule has 2 atom stereocenters. The van der Waals surface area contributed by atoms with Crippen LogP contribution in [-0.2, 0) is 6.42 Å². The number of guanidine groups is 1. The number of benzene rings is 1. The molecular formula is C21H34N4OS. The van der Waals surface area contributed by atoms with Crippen molar-refractivity contribution in [2.45, 2.75) is 50.3 Å². The molecule has 1 fully saturated rings. The van der Waals surface area contributed by atoms with Crippen molar-refractivity contribution < 1.29 is 4.79 Å². The quantitative estimate of drug-likeness (QED) is 0.555.